The lowest BCUT2D eigenvalue weighted by Gasteiger charge is -2.37. The van der Waals surface area contributed by atoms with Crippen LogP contribution in [0.1, 0.15) is 38.4 Å². The lowest BCUT2D eigenvalue weighted by atomic mass is 10.1. The molecule has 2 aromatic carbocycles. The summed E-state index contributed by atoms with van der Waals surface area (Å²) >= 11 is 0. The van der Waals surface area contributed by atoms with E-state index in [2.05, 4.69) is 55.0 Å². The second-order valence-corrected chi connectivity index (χ2v) is 8.28. The number of nitrogens with zero attached hydrogens (tertiary/aromatic N) is 4. The van der Waals surface area contributed by atoms with Crippen molar-refractivity contribution in [3.05, 3.63) is 82.2 Å². The van der Waals surface area contributed by atoms with Gasteiger partial charge in [0, 0.05) is 43.1 Å². The molecule has 0 radical (unpaired) electrons. The van der Waals surface area contributed by atoms with E-state index in [1.807, 2.05) is 40.8 Å². The fraction of sp³-hybridized carbons (Fsp3) is 0.360. The van der Waals surface area contributed by atoms with E-state index in [1.165, 1.54) is 16.8 Å². The second kappa shape index (κ2) is 8.34. The van der Waals surface area contributed by atoms with E-state index in [0.717, 1.165) is 55.2 Å². The third-order valence-corrected chi connectivity index (χ3v) is 6.12. The van der Waals surface area contributed by atoms with Crippen molar-refractivity contribution in [2.75, 3.05) is 31.1 Å². The Hall–Kier alpha value is -3.08. The van der Waals surface area contributed by atoms with Crippen LogP contribution in [0.2, 0.25) is 0 Å². The summed E-state index contributed by atoms with van der Waals surface area (Å²) in [4.78, 5) is 17.3. The van der Waals surface area contributed by atoms with Crippen LogP contribution in [0.5, 0.6) is 0 Å². The maximum absolute atomic E-state index is 13.0. The van der Waals surface area contributed by atoms with Crippen LogP contribution in [0.4, 0.5) is 5.69 Å². The van der Waals surface area contributed by atoms with Gasteiger partial charge in [-0.25, -0.2) is 0 Å². The standard InChI is InChI=1S/C25H30N4O/c1-18-6-5-7-24(21(18)4)27-12-14-28(15-13-27)25(30)23-10-8-22(9-11-23)17-29-20(3)16-19(2)26-29/h5-11,16H,12-15,17H2,1-4H3. The SMILES string of the molecule is Cc1cc(C)n(Cc2ccc(C(=O)N3CCN(c4cccc(C)c4C)CC3)cc2)n1. The first-order valence-electron chi connectivity index (χ1n) is 10.6. The van der Waals surface area contributed by atoms with Gasteiger partial charge in [0.15, 0.2) is 0 Å². The molecule has 0 aliphatic carbocycles. The van der Waals surface area contributed by atoms with E-state index in [9.17, 15) is 4.79 Å². The Labute approximate surface area is 178 Å². The van der Waals surface area contributed by atoms with Crippen LogP contribution in [0.25, 0.3) is 0 Å². The third kappa shape index (κ3) is 4.11. The van der Waals surface area contributed by atoms with Gasteiger partial charge >= 0.3 is 0 Å². The molecule has 2 heterocycles. The Morgan fingerprint density at radius 1 is 0.933 bits per heavy atom. The molecule has 156 valence electrons. The largest absolute Gasteiger partial charge is 0.368 e. The molecule has 0 bridgehead atoms. The molecule has 1 aliphatic rings. The highest BCUT2D eigenvalue weighted by Crippen LogP contribution is 2.24. The predicted octanol–water partition coefficient (Wildman–Crippen LogP) is 4.13. The zero-order valence-corrected chi connectivity index (χ0v) is 18.4. The van der Waals surface area contributed by atoms with Crippen LogP contribution < -0.4 is 4.90 Å². The number of amides is 1. The zero-order chi connectivity index (χ0) is 21.3. The molecule has 30 heavy (non-hydrogen) atoms. The van der Waals surface area contributed by atoms with Gasteiger partial charge in [0.2, 0.25) is 0 Å². The number of piperazine rings is 1. The fourth-order valence-electron chi connectivity index (χ4n) is 4.17. The molecular weight excluding hydrogens is 372 g/mol. The van der Waals surface area contributed by atoms with Crippen molar-refractivity contribution in [1.82, 2.24) is 14.7 Å². The summed E-state index contributed by atoms with van der Waals surface area (Å²) in [6.07, 6.45) is 0. The number of carbonyl (C=O) groups is 1. The molecule has 0 spiro atoms. The van der Waals surface area contributed by atoms with Gasteiger partial charge in [-0.05, 0) is 68.7 Å². The first-order chi connectivity index (χ1) is 14.4. The van der Waals surface area contributed by atoms with Crippen molar-refractivity contribution >= 4 is 11.6 Å². The smallest absolute Gasteiger partial charge is 0.253 e. The molecule has 1 fully saturated rings. The first kappa shape index (κ1) is 20.2. The van der Waals surface area contributed by atoms with Crippen molar-refractivity contribution in [2.45, 2.75) is 34.2 Å². The molecule has 0 unspecified atom stereocenters. The van der Waals surface area contributed by atoms with Gasteiger partial charge in [-0.15, -0.1) is 0 Å². The molecule has 1 saturated heterocycles. The summed E-state index contributed by atoms with van der Waals surface area (Å²) < 4.78 is 2.00. The zero-order valence-electron chi connectivity index (χ0n) is 18.4. The normalized spacial score (nSPS) is 14.3. The Bertz CT molecular complexity index is 1040. The predicted molar refractivity (Wildman–Crippen MR) is 121 cm³/mol. The quantitative estimate of drug-likeness (QED) is 0.659. The molecule has 1 aliphatic heterocycles. The van der Waals surface area contributed by atoms with Crippen LogP contribution in [0, 0.1) is 27.7 Å². The molecule has 0 N–H and O–H groups in total. The molecule has 3 aromatic rings. The summed E-state index contributed by atoms with van der Waals surface area (Å²) in [5.41, 5.74) is 8.01. The summed E-state index contributed by atoms with van der Waals surface area (Å²) in [6, 6.07) is 16.5. The minimum atomic E-state index is 0.119. The minimum Gasteiger partial charge on any atom is -0.368 e. The van der Waals surface area contributed by atoms with Gasteiger partial charge in [-0.3, -0.25) is 9.48 Å². The van der Waals surface area contributed by atoms with Crippen molar-refractivity contribution in [2.24, 2.45) is 0 Å². The molecule has 5 heteroatoms. The van der Waals surface area contributed by atoms with Gasteiger partial charge in [0.05, 0.1) is 12.2 Å². The van der Waals surface area contributed by atoms with E-state index in [-0.39, 0.29) is 5.91 Å². The van der Waals surface area contributed by atoms with E-state index in [0.29, 0.717) is 0 Å². The number of carbonyl (C=O) groups excluding carboxylic acids is 1. The second-order valence-electron chi connectivity index (χ2n) is 8.28. The molecule has 5 nitrogen and oxygen atoms in total. The topological polar surface area (TPSA) is 41.4 Å². The van der Waals surface area contributed by atoms with Gasteiger partial charge in [-0.1, -0.05) is 24.3 Å². The Morgan fingerprint density at radius 2 is 1.63 bits per heavy atom. The maximum Gasteiger partial charge on any atom is 0.253 e. The average Bonchev–Trinajstić information content (AvgIpc) is 3.07. The van der Waals surface area contributed by atoms with Crippen molar-refractivity contribution < 1.29 is 4.79 Å². The van der Waals surface area contributed by atoms with Gasteiger partial charge in [0.1, 0.15) is 0 Å². The third-order valence-electron chi connectivity index (χ3n) is 6.12. The highest BCUT2D eigenvalue weighted by atomic mass is 16.2. The minimum absolute atomic E-state index is 0.119. The van der Waals surface area contributed by atoms with Crippen LogP contribution in [0.3, 0.4) is 0 Å². The molecule has 1 aromatic heterocycles. The fourth-order valence-corrected chi connectivity index (χ4v) is 4.17. The van der Waals surface area contributed by atoms with E-state index in [4.69, 9.17) is 0 Å². The number of hydrogen-bond acceptors (Lipinski definition) is 3. The Kier molecular flexibility index (Phi) is 5.62. The van der Waals surface area contributed by atoms with Gasteiger partial charge in [0.25, 0.3) is 5.91 Å². The van der Waals surface area contributed by atoms with Crippen molar-refractivity contribution in [3.8, 4) is 0 Å². The molecular formula is C25H30N4O. The highest BCUT2D eigenvalue weighted by molar-refractivity contribution is 5.94. The lowest BCUT2D eigenvalue weighted by Crippen LogP contribution is -2.49. The summed E-state index contributed by atoms with van der Waals surface area (Å²) in [7, 11) is 0. The summed E-state index contributed by atoms with van der Waals surface area (Å²) in [5, 5.41) is 4.52. The Balaban J connectivity index is 1.38. The summed E-state index contributed by atoms with van der Waals surface area (Å²) in [5.74, 6) is 0.119. The first-order valence-corrected chi connectivity index (χ1v) is 10.6. The van der Waals surface area contributed by atoms with Crippen LogP contribution >= 0.6 is 0 Å². The number of aromatic nitrogens is 2. The number of anilines is 1. The van der Waals surface area contributed by atoms with E-state index in [1.54, 1.807) is 0 Å². The Morgan fingerprint density at radius 3 is 2.27 bits per heavy atom. The number of hydrogen-bond donors (Lipinski definition) is 0. The van der Waals surface area contributed by atoms with Gasteiger partial charge in [-0.2, -0.15) is 5.10 Å². The van der Waals surface area contributed by atoms with Crippen molar-refractivity contribution in [1.29, 1.82) is 0 Å². The highest BCUT2D eigenvalue weighted by Gasteiger charge is 2.23. The van der Waals surface area contributed by atoms with E-state index >= 15 is 0 Å². The number of benzene rings is 2. The molecule has 4 rings (SSSR count). The van der Waals surface area contributed by atoms with Crippen LogP contribution in [-0.4, -0.2) is 46.8 Å². The molecule has 0 saturated carbocycles. The van der Waals surface area contributed by atoms with Crippen molar-refractivity contribution in [3.63, 3.8) is 0 Å². The van der Waals surface area contributed by atoms with Gasteiger partial charge < -0.3 is 9.80 Å². The lowest BCUT2D eigenvalue weighted by molar-refractivity contribution is 0.0746. The average molecular weight is 403 g/mol. The molecule has 1 amide bonds. The van der Waals surface area contributed by atoms with E-state index < -0.39 is 0 Å². The summed E-state index contributed by atoms with van der Waals surface area (Å²) in [6.45, 7) is 12.4. The van der Waals surface area contributed by atoms with Crippen LogP contribution in [0.15, 0.2) is 48.5 Å². The van der Waals surface area contributed by atoms with Crippen LogP contribution in [-0.2, 0) is 6.54 Å². The molecule has 0 atom stereocenters. The maximum atomic E-state index is 13.0. The number of rotatable bonds is 4. The number of aryl methyl sites for hydroxylation is 3. The monoisotopic (exact) mass is 402 g/mol.